The molecule has 9 nitrogen and oxygen atoms in total. The summed E-state index contributed by atoms with van der Waals surface area (Å²) in [5.41, 5.74) is 4.70. The van der Waals surface area contributed by atoms with Crippen LogP contribution in [0.25, 0.3) is 5.65 Å². The van der Waals surface area contributed by atoms with Crippen molar-refractivity contribution in [2.75, 3.05) is 27.3 Å². The lowest BCUT2D eigenvalue weighted by molar-refractivity contribution is 0.0927. The molecule has 0 spiro atoms. The molecule has 0 bridgehead atoms. The van der Waals surface area contributed by atoms with Gasteiger partial charge in [-0.15, -0.1) is 0 Å². The van der Waals surface area contributed by atoms with E-state index < -0.39 is 0 Å². The van der Waals surface area contributed by atoms with Gasteiger partial charge in [0.25, 0.3) is 5.91 Å². The SMILES string of the molecule is COc1cc2c(cc1OC)CN(Cc1cccc(OC(C)CNC(=O)c3cc4ncccn4n3)c1)CC2. The van der Waals surface area contributed by atoms with Crippen LogP contribution >= 0.6 is 0 Å². The molecule has 1 atom stereocenters. The van der Waals surface area contributed by atoms with Crippen LogP contribution in [0.15, 0.2) is 60.9 Å². The van der Waals surface area contributed by atoms with Crippen molar-refractivity contribution in [3.63, 3.8) is 0 Å². The maximum Gasteiger partial charge on any atom is 0.272 e. The van der Waals surface area contributed by atoms with E-state index in [1.807, 2.05) is 19.1 Å². The zero-order valence-corrected chi connectivity index (χ0v) is 21.3. The number of carbonyl (C=O) groups is 1. The number of benzene rings is 2. The third kappa shape index (κ3) is 5.67. The highest BCUT2D eigenvalue weighted by Crippen LogP contribution is 2.33. The number of nitrogens with one attached hydrogen (secondary N) is 1. The molecule has 3 heterocycles. The summed E-state index contributed by atoms with van der Waals surface area (Å²) in [7, 11) is 3.34. The first-order valence-corrected chi connectivity index (χ1v) is 12.3. The fourth-order valence-electron chi connectivity index (χ4n) is 4.59. The molecule has 1 N–H and O–H groups in total. The van der Waals surface area contributed by atoms with Crippen molar-refractivity contribution in [1.82, 2.24) is 24.8 Å². The largest absolute Gasteiger partial charge is 0.493 e. The van der Waals surface area contributed by atoms with Gasteiger partial charge in [0, 0.05) is 38.1 Å². The number of aromatic nitrogens is 3. The van der Waals surface area contributed by atoms with Gasteiger partial charge >= 0.3 is 0 Å². The van der Waals surface area contributed by atoms with Gasteiger partial charge in [-0.05, 0) is 60.4 Å². The highest BCUT2D eigenvalue weighted by Gasteiger charge is 2.20. The average molecular weight is 502 g/mol. The summed E-state index contributed by atoms with van der Waals surface area (Å²) in [6.45, 7) is 4.92. The zero-order valence-electron chi connectivity index (χ0n) is 21.3. The lowest BCUT2D eigenvalue weighted by Crippen LogP contribution is -2.33. The first-order chi connectivity index (χ1) is 18.0. The average Bonchev–Trinajstić information content (AvgIpc) is 3.35. The van der Waals surface area contributed by atoms with Crippen LogP contribution in [0.2, 0.25) is 0 Å². The highest BCUT2D eigenvalue weighted by atomic mass is 16.5. The molecule has 1 aliphatic heterocycles. The number of nitrogens with zero attached hydrogens (tertiary/aromatic N) is 4. The molecule has 2 aromatic carbocycles. The van der Waals surface area contributed by atoms with Crippen molar-refractivity contribution in [2.45, 2.75) is 32.5 Å². The van der Waals surface area contributed by atoms with E-state index >= 15 is 0 Å². The number of methoxy groups -OCH3 is 2. The van der Waals surface area contributed by atoms with Crippen LogP contribution in [-0.4, -0.2) is 58.8 Å². The molecule has 0 radical (unpaired) electrons. The Hall–Kier alpha value is -4.11. The maximum atomic E-state index is 12.5. The predicted molar refractivity (Wildman–Crippen MR) is 139 cm³/mol. The van der Waals surface area contributed by atoms with Gasteiger partial charge in [0.1, 0.15) is 11.9 Å². The Labute approximate surface area is 216 Å². The van der Waals surface area contributed by atoms with Gasteiger partial charge in [0.05, 0.1) is 20.8 Å². The Morgan fingerprint density at radius 2 is 1.89 bits per heavy atom. The summed E-state index contributed by atoms with van der Waals surface area (Å²) in [5.74, 6) is 2.06. The van der Waals surface area contributed by atoms with E-state index in [1.165, 1.54) is 16.7 Å². The molecule has 0 fully saturated rings. The Morgan fingerprint density at radius 3 is 2.68 bits per heavy atom. The Kier molecular flexibility index (Phi) is 7.23. The normalized spacial score (nSPS) is 14.1. The van der Waals surface area contributed by atoms with E-state index in [9.17, 15) is 4.79 Å². The Morgan fingerprint density at radius 1 is 1.08 bits per heavy atom. The van der Waals surface area contributed by atoms with E-state index in [0.717, 1.165) is 43.3 Å². The molecule has 4 aromatic rings. The molecule has 2 aromatic heterocycles. The highest BCUT2D eigenvalue weighted by molar-refractivity contribution is 5.93. The van der Waals surface area contributed by atoms with Crippen molar-refractivity contribution < 1.29 is 19.0 Å². The molecule has 9 heteroatoms. The first-order valence-electron chi connectivity index (χ1n) is 12.3. The van der Waals surface area contributed by atoms with E-state index in [4.69, 9.17) is 14.2 Å². The molecule has 0 saturated carbocycles. The van der Waals surface area contributed by atoms with Crippen molar-refractivity contribution in [1.29, 1.82) is 0 Å². The van der Waals surface area contributed by atoms with Crippen LogP contribution in [0.5, 0.6) is 17.2 Å². The van der Waals surface area contributed by atoms with Gasteiger partial charge in [0.2, 0.25) is 0 Å². The summed E-state index contributed by atoms with van der Waals surface area (Å²) in [6.07, 6.45) is 4.18. The number of fused-ring (bicyclic) bond motifs is 2. The zero-order chi connectivity index (χ0) is 25.8. The van der Waals surface area contributed by atoms with Gasteiger partial charge in [-0.25, -0.2) is 9.50 Å². The van der Waals surface area contributed by atoms with Gasteiger partial charge in [-0.2, -0.15) is 5.10 Å². The standard InChI is InChI=1S/C28H31N5O4/c1-19(16-30-28(34)24-15-27-29-9-5-10-33(27)31-24)37-23-7-4-6-20(12-23)17-32-11-8-21-13-25(35-2)26(36-3)14-22(21)18-32/h4-7,9-10,12-15,19H,8,11,16-18H2,1-3H3,(H,30,34). The van der Waals surface area contributed by atoms with Crippen LogP contribution in [0, 0.1) is 0 Å². The van der Waals surface area contributed by atoms with Gasteiger partial charge in [-0.3, -0.25) is 9.69 Å². The Bertz CT molecular complexity index is 1370. The topological polar surface area (TPSA) is 90.2 Å². The molecule has 0 saturated heterocycles. The minimum Gasteiger partial charge on any atom is -0.493 e. The van der Waals surface area contributed by atoms with Crippen molar-refractivity contribution >= 4 is 11.6 Å². The third-order valence-corrected chi connectivity index (χ3v) is 6.46. The molecule has 37 heavy (non-hydrogen) atoms. The molecule has 0 aliphatic carbocycles. The van der Waals surface area contributed by atoms with E-state index in [0.29, 0.717) is 17.9 Å². The lowest BCUT2D eigenvalue weighted by Gasteiger charge is -2.29. The fraction of sp³-hybridized carbons (Fsp3) is 0.321. The molecule has 192 valence electrons. The molecule has 1 amide bonds. The Balaban J connectivity index is 1.16. The second-order valence-electron chi connectivity index (χ2n) is 9.17. The number of ether oxygens (including phenoxy) is 3. The minimum atomic E-state index is -0.255. The molecular formula is C28H31N5O4. The monoisotopic (exact) mass is 501 g/mol. The molecule has 1 aliphatic rings. The van der Waals surface area contributed by atoms with Crippen molar-refractivity contribution in [2.24, 2.45) is 0 Å². The van der Waals surface area contributed by atoms with Gasteiger partial charge in [-0.1, -0.05) is 12.1 Å². The van der Waals surface area contributed by atoms with Gasteiger partial charge in [0.15, 0.2) is 22.8 Å². The summed E-state index contributed by atoms with van der Waals surface area (Å²) in [4.78, 5) is 19.1. The number of carbonyl (C=O) groups excluding carboxylic acids is 1. The third-order valence-electron chi connectivity index (χ3n) is 6.46. The van der Waals surface area contributed by atoms with E-state index in [-0.39, 0.29) is 12.0 Å². The number of hydrogen-bond acceptors (Lipinski definition) is 7. The maximum absolute atomic E-state index is 12.5. The minimum absolute atomic E-state index is 0.210. The fourth-order valence-corrected chi connectivity index (χ4v) is 4.59. The lowest BCUT2D eigenvalue weighted by atomic mass is 9.98. The molecular weight excluding hydrogens is 470 g/mol. The number of rotatable bonds is 9. The van der Waals surface area contributed by atoms with Crippen LogP contribution in [-0.2, 0) is 19.5 Å². The second kappa shape index (κ2) is 10.9. The number of amides is 1. The summed E-state index contributed by atoms with van der Waals surface area (Å²) >= 11 is 0. The predicted octanol–water partition coefficient (Wildman–Crippen LogP) is 3.50. The van der Waals surface area contributed by atoms with E-state index in [1.54, 1.807) is 43.3 Å². The van der Waals surface area contributed by atoms with Crippen molar-refractivity contribution in [3.05, 3.63) is 83.3 Å². The summed E-state index contributed by atoms with van der Waals surface area (Å²) < 4.78 is 18.6. The summed E-state index contributed by atoms with van der Waals surface area (Å²) in [6, 6.07) is 15.7. The quantitative estimate of drug-likeness (QED) is 0.375. The van der Waals surface area contributed by atoms with E-state index in [2.05, 4.69) is 44.6 Å². The summed E-state index contributed by atoms with van der Waals surface area (Å²) in [5, 5.41) is 7.15. The van der Waals surface area contributed by atoms with Crippen molar-refractivity contribution in [3.8, 4) is 17.2 Å². The molecule has 1 unspecified atom stereocenters. The van der Waals surface area contributed by atoms with Crippen LogP contribution in [0.1, 0.15) is 34.1 Å². The first kappa shape index (κ1) is 24.6. The number of hydrogen-bond donors (Lipinski definition) is 1. The van der Waals surface area contributed by atoms with Gasteiger partial charge < -0.3 is 19.5 Å². The van der Waals surface area contributed by atoms with Crippen LogP contribution < -0.4 is 19.5 Å². The van der Waals surface area contributed by atoms with Crippen LogP contribution in [0.3, 0.4) is 0 Å². The second-order valence-corrected chi connectivity index (χ2v) is 9.17. The molecule has 5 rings (SSSR count). The van der Waals surface area contributed by atoms with Crippen LogP contribution in [0.4, 0.5) is 0 Å². The smallest absolute Gasteiger partial charge is 0.272 e.